The summed E-state index contributed by atoms with van der Waals surface area (Å²) in [7, 11) is 0. The van der Waals surface area contributed by atoms with Gasteiger partial charge < -0.3 is 10.2 Å². The normalized spacial score (nSPS) is 17.4. The van der Waals surface area contributed by atoms with Gasteiger partial charge in [-0.15, -0.1) is 0 Å². The Morgan fingerprint density at radius 3 is 2.70 bits per heavy atom. The number of hydrogen-bond donors (Lipinski definition) is 1. The summed E-state index contributed by atoms with van der Waals surface area (Å²) in [4.78, 5) is 33.1. The number of carbonyl (C=O) groups is 2. The fraction of sp³-hybridized carbons (Fsp3) is 0.231. The Balaban J connectivity index is 1.84. The zero-order valence-corrected chi connectivity index (χ0v) is 18.3. The minimum atomic E-state index is -0.754. The molecule has 0 bridgehead atoms. The number of aromatic nitrogens is 1. The highest BCUT2D eigenvalue weighted by Gasteiger charge is 2.44. The van der Waals surface area contributed by atoms with Gasteiger partial charge in [-0.3, -0.25) is 14.6 Å². The van der Waals surface area contributed by atoms with Crippen molar-refractivity contribution < 1.29 is 14.0 Å². The van der Waals surface area contributed by atoms with E-state index in [0.29, 0.717) is 17.7 Å². The lowest BCUT2D eigenvalue weighted by Gasteiger charge is -2.42. The number of nitrogens with one attached hydrogen (secondary N) is 1. The molecule has 0 spiro atoms. The van der Waals surface area contributed by atoms with E-state index in [-0.39, 0.29) is 23.1 Å². The van der Waals surface area contributed by atoms with E-state index in [9.17, 15) is 14.0 Å². The van der Waals surface area contributed by atoms with Crippen molar-refractivity contribution in [3.63, 3.8) is 0 Å². The van der Waals surface area contributed by atoms with E-state index in [1.165, 1.54) is 12.1 Å². The highest BCUT2D eigenvalue weighted by atomic mass is 19.1. The second-order valence-electron chi connectivity index (χ2n) is 8.48. The largest absolute Gasteiger partial charge is 0.330 e. The molecule has 0 saturated heterocycles. The van der Waals surface area contributed by atoms with E-state index in [0.717, 1.165) is 11.6 Å². The first-order valence-corrected chi connectivity index (χ1v) is 10.7. The van der Waals surface area contributed by atoms with Crippen LogP contribution < -0.4 is 5.32 Å². The Bertz CT molecular complexity index is 1240. The minimum absolute atomic E-state index is 0.106. The van der Waals surface area contributed by atoms with Crippen LogP contribution in [0.5, 0.6) is 0 Å². The van der Waals surface area contributed by atoms with E-state index < -0.39 is 23.7 Å². The van der Waals surface area contributed by atoms with Crippen LogP contribution in [0.25, 0.3) is 0 Å². The molecule has 3 aromatic rings. The first-order chi connectivity index (χ1) is 15.9. The molecule has 1 aromatic heterocycles. The zero-order chi connectivity index (χ0) is 23.5. The third-order valence-corrected chi connectivity index (χ3v) is 5.60. The zero-order valence-electron chi connectivity index (χ0n) is 18.3. The molecule has 2 atom stereocenters. The maximum atomic E-state index is 14.0. The van der Waals surface area contributed by atoms with E-state index in [1.54, 1.807) is 47.6 Å². The summed E-state index contributed by atoms with van der Waals surface area (Å²) in [5.41, 5.74) is 2.10. The number of carbonyl (C=O) groups excluding carboxylic acids is 2. The number of anilines is 1. The summed E-state index contributed by atoms with van der Waals surface area (Å²) in [6.07, 6.45) is 3.30. The third-order valence-electron chi connectivity index (χ3n) is 5.60. The van der Waals surface area contributed by atoms with Gasteiger partial charge in [0.1, 0.15) is 5.82 Å². The first-order valence-electron chi connectivity index (χ1n) is 10.7. The average molecular weight is 442 g/mol. The molecule has 1 aliphatic rings. The van der Waals surface area contributed by atoms with Crippen molar-refractivity contribution in [2.75, 3.05) is 11.9 Å². The molecule has 2 aromatic carbocycles. The molecule has 0 radical (unpaired) electrons. The number of pyridine rings is 1. The standard InChI is InChI=1S/C26H23FN4O2/c1-16(2)15-31-24(18-6-5-9-29-14-18)23(21-7-3-4-8-22(21)26(31)33)25(32)30-20-11-17(13-28)10-19(27)12-20/h3-12,14,16,23-24H,15H2,1-2H3,(H,30,32)/t23-,24+/m0/s1. The summed E-state index contributed by atoms with van der Waals surface area (Å²) >= 11 is 0. The summed E-state index contributed by atoms with van der Waals surface area (Å²) in [6, 6.07) is 15.7. The summed E-state index contributed by atoms with van der Waals surface area (Å²) in [5, 5.41) is 11.9. The topological polar surface area (TPSA) is 86.1 Å². The Morgan fingerprint density at radius 2 is 2.00 bits per heavy atom. The molecular weight excluding hydrogens is 419 g/mol. The molecule has 1 N–H and O–H groups in total. The Labute approximate surface area is 191 Å². The van der Waals surface area contributed by atoms with Crippen LogP contribution in [0.4, 0.5) is 10.1 Å². The molecule has 166 valence electrons. The van der Waals surface area contributed by atoms with Gasteiger partial charge in [0.05, 0.1) is 23.6 Å². The van der Waals surface area contributed by atoms with Gasteiger partial charge in [-0.2, -0.15) is 5.26 Å². The lowest BCUT2D eigenvalue weighted by Crippen LogP contribution is -2.47. The van der Waals surface area contributed by atoms with Gasteiger partial charge in [0.15, 0.2) is 0 Å². The number of nitriles is 1. The molecule has 0 aliphatic carbocycles. The third kappa shape index (κ3) is 4.46. The molecule has 4 rings (SSSR count). The minimum Gasteiger partial charge on any atom is -0.330 e. The van der Waals surface area contributed by atoms with Crippen LogP contribution in [0, 0.1) is 23.1 Å². The second kappa shape index (κ2) is 9.21. The fourth-order valence-electron chi connectivity index (χ4n) is 4.34. The van der Waals surface area contributed by atoms with E-state index in [2.05, 4.69) is 10.3 Å². The van der Waals surface area contributed by atoms with Crippen LogP contribution >= 0.6 is 0 Å². The van der Waals surface area contributed by atoms with E-state index in [1.807, 2.05) is 26.0 Å². The van der Waals surface area contributed by atoms with Gasteiger partial charge in [-0.25, -0.2) is 4.39 Å². The summed E-state index contributed by atoms with van der Waals surface area (Å²) in [6.45, 7) is 4.48. The predicted molar refractivity (Wildman–Crippen MR) is 122 cm³/mol. The molecule has 0 fully saturated rings. The maximum absolute atomic E-state index is 14.0. The van der Waals surface area contributed by atoms with Crippen molar-refractivity contribution in [2.24, 2.45) is 5.92 Å². The van der Waals surface area contributed by atoms with Crippen molar-refractivity contribution in [2.45, 2.75) is 25.8 Å². The van der Waals surface area contributed by atoms with Crippen molar-refractivity contribution in [1.82, 2.24) is 9.88 Å². The fourth-order valence-corrected chi connectivity index (χ4v) is 4.34. The number of nitrogens with zero attached hydrogens (tertiary/aromatic N) is 3. The molecule has 7 heteroatoms. The molecule has 6 nitrogen and oxygen atoms in total. The van der Waals surface area contributed by atoms with Gasteiger partial charge in [-0.05, 0) is 47.4 Å². The lowest BCUT2D eigenvalue weighted by atomic mass is 9.79. The first kappa shape index (κ1) is 22.2. The Hall–Kier alpha value is -4.05. The van der Waals surface area contributed by atoms with Crippen molar-refractivity contribution >= 4 is 17.5 Å². The van der Waals surface area contributed by atoms with Gasteiger partial charge in [0.25, 0.3) is 5.91 Å². The number of amides is 2. The predicted octanol–water partition coefficient (Wildman–Crippen LogP) is 4.67. The van der Waals surface area contributed by atoms with Crippen molar-refractivity contribution in [3.8, 4) is 6.07 Å². The quantitative estimate of drug-likeness (QED) is 0.622. The number of fused-ring (bicyclic) bond motifs is 1. The van der Waals surface area contributed by atoms with E-state index >= 15 is 0 Å². The van der Waals surface area contributed by atoms with Crippen LogP contribution in [0.1, 0.15) is 52.9 Å². The Morgan fingerprint density at radius 1 is 1.21 bits per heavy atom. The summed E-state index contributed by atoms with van der Waals surface area (Å²) < 4.78 is 14.0. The number of halogens is 1. The van der Waals surface area contributed by atoms with E-state index in [4.69, 9.17) is 5.26 Å². The molecule has 0 saturated carbocycles. The highest BCUT2D eigenvalue weighted by molar-refractivity contribution is 6.04. The van der Waals surface area contributed by atoms with Crippen LogP contribution in [0.15, 0.2) is 67.0 Å². The van der Waals surface area contributed by atoms with Crippen LogP contribution in [-0.4, -0.2) is 28.2 Å². The molecular formula is C26H23FN4O2. The highest BCUT2D eigenvalue weighted by Crippen LogP contribution is 2.43. The number of rotatable bonds is 5. The smallest absolute Gasteiger partial charge is 0.254 e. The van der Waals surface area contributed by atoms with Crippen molar-refractivity contribution in [3.05, 3.63) is 95.1 Å². The van der Waals surface area contributed by atoms with Gasteiger partial charge in [-0.1, -0.05) is 38.1 Å². The van der Waals surface area contributed by atoms with Crippen molar-refractivity contribution in [1.29, 1.82) is 5.26 Å². The number of benzene rings is 2. The van der Waals surface area contributed by atoms with Gasteiger partial charge in [0.2, 0.25) is 5.91 Å². The lowest BCUT2D eigenvalue weighted by molar-refractivity contribution is -0.119. The average Bonchev–Trinajstić information content (AvgIpc) is 2.80. The molecule has 33 heavy (non-hydrogen) atoms. The number of hydrogen-bond acceptors (Lipinski definition) is 4. The summed E-state index contributed by atoms with van der Waals surface area (Å²) in [5.74, 6) is -1.74. The van der Waals surface area contributed by atoms with Crippen LogP contribution in [0.3, 0.4) is 0 Å². The SMILES string of the molecule is CC(C)CN1C(=O)c2ccccc2[C@H](C(=O)Nc2cc(F)cc(C#N)c2)[C@H]1c1cccnc1. The van der Waals surface area contributed by atoms with Crippen LogP contribution in [0.2, 0.25) is 0 Å². The molecule has 1 aliphatic heterocycles. The Kier molecular flexibility index (Phi) is 6.18. The molecule has 0 unspecified atom stereocenters. The monoisotopic (exact) mass is 442 g/mol. The van der Waals surface area contributed by atoms with Crippen LogP contribution in [-0.2, 0) is 4.79 Å². The van der Waals surface area contributed by atoms with Gasteiger partial charge >= 0.3 is 0 Å². The second-order valence-corrected chi connectivity index (χ2v) is 8.48. The molecule has 2 amide bonds. The maximum Gasteiger partial charge on any atom is 0.254 e. The van der Waals surface area contributed by atoms with Gasteiger partial charge in [0, 0.05) is 30.2 Å². The molecule has 2 heterocycles.